The molecule has 1 N–H and O–H groups in total. The summed E-state index contributed by atoms with van der Waals surface area (Å²) in [6.45, 7) is 11.2. The number of nitrogens with zero attached hydrogens (tertiary/aromatic N) is 4. The molecule has 13 nitrogen and oxygen atoms in total. The van der Waals surface area contributed by atoms with Gasteiger partial charge in [-0.05, 0) is 22.3 Å². The van der Waals surface area contributed by atoms with E-state index in [1.807, 2.05) is 60.7 Å². The summed E-state index contributed by atoms with van der Waals surface area (Å²) < 4.78 is 63.6. The highest BCUT2D eigenvalue weighted by Crippen LogP contribution is 2.39. The minimum Gasteiger partial charge on any atom is -0.465 e. The summed E-state index contributed by atoms with van der Waals surface area (Å²) in [5.74, 6) is -1.56. The molecule has 1 aliphatic heterocycles. The molecular formula is C34H46N4O9S2Si. The number of aromatic nitrogens is 2. The first-order valence-electron chi connectivity index (χ1n) is 16.0. The molecular weight excluding hydrogens is 701 g/mol. The summed E-state index contributed by atoms with van der Waals surface area (Å²) >= 11 is 0. The van der Waals surface area contributed by atoms with Gasteiger partial charge in [0.2, 0.25) is 0 Å². The van der Waals surface area contributed by atoms with E-state index in [2.05, 4.69) is 32.4 Å². The second kappa shape index (κ2) is 14.8. The van der Waals surface area contributed by atoms with Gasteiger partial charge in [0.05, 0.1) is 37.5 Å². The molecule has 272 valence electrons. The first-order valence-corrected chi connectivity index (χ1v) is 21.6. The van der Waals surface area contributed by atoms with Crippen molar-refractivity contribution in [1.82, 2.24) is 19.0 Å². The van der Waals surface area contributed by atoms with Crippen LogP contribution in [0.15, 0.2) is 73.3 Å². The maximum atomic E-state index is 14.3. The number of carbonyl (C=O) groups is 2. The van der Waals surface area contributed by atoms with Gasteiger partial charge in [-0.2, -0.15) is 17.6 Å². The highest BCUT2D eigenvalue weighted by atomic mass is 32.2. The van der Waals surface area contributed by atoms with Gasteiger partial charge in [-0.15, -0.1) is 6.58 Å². The van der Waals surface area contributed by atoms with Gasteiger partial charge in [0.1, 0.15) is 5.69 Å². The van der Waals surface area contributed by atoms with Crippen LogP contribution in [-0.2, 0) is 41.7 Å². The summed E-state index contributed by atoms with van der Waals surface area (Å²) in [6, 6.07) is 19.1. The second-order valence-electron chi connectivity index (χ2n) is 13.8. The van der Waals surface area contributed by atoms with E-state index in [1.54, 1.807) is 13.0 Å². The topological polar surface area (TPSA) is 165 Å². The number of rotatable bonds is 13. The molecule has 0 aliphatic carbocycles. The van der Waals surface area contributed by atoms with Crippen LogP contribution in [0.1, 0.15) is 49.4 Å². The van der Waals surface area contributed by atoms with Crippen LogP contribution in [0.5, 0.6) is 0 Å². The van der Waals surface area contributed by atoms with Crippen LogP contribution >= 0.6 is 0 Å². The molecule has 50 heavy (non-hydrogen) atoms. The van der Waals surface area contributed by atoms with Gasteiger partial charge in [-0.3, -0.25) is 8.98 Å². The molecule has 2 amide bonds. The fourth-order valence-electron chi connectivity index (χ4n) is 6.54. The average Bonchev–Trinajstić information content (AvgIpc) is 3.41. The Morgan fingerprint density at radius 3 is 2.04 bits per heavy atom. The summed E-state index contributed by atoms with van der Waals surface area (Å²) in [5, 5.41) is 15.5. The number of hydrogen-bond donors (Lipinski definition) is 1. The maximum Gasteiger partial charge on any atom is 0.407 e. The lowest BCUT2D eigenvalue weighted by Crippen LogP contribution is -2.68. The van der Waals surface area contributed by atoms with E-state index in [0.29, 0.717) is 9.78 Å². The summed E-state index contributed by atoms with van der Waals surface area (Å²) in [5.41, 5.74) is 0.225. The van der Waals surface area contributed by atoms with E-state index in [-0.39, 0.29) is 37.4 Å². The summed E-state index contributed by atoms with van der Waals surface area (Å²) in [7, 11) is -9.79. The Morgan fingerprint density at radius 1 is 1.06 bits per heavy atom. The monoisotopic (exact) mass is 746 g/mol. The van der Waals surface area contributed by atoms with E-state index in [4.69, 9.17) is 8.61 Å². The van der Waals surface area contributed by atoms with Gasteiger partial charge in [0.15, 0.2) is 0 Å². The van der Waals surface area contributed by atoms with Gasteiger partial charge >= 0.3 is 6.09 Å². The van der Waals surface area contributed by atoms with E-state index < -0.39 is 63.6 Å². The molecule has 1 aliphatic rings. The fourth-order valence-corrected chi connectivity index (χ4v) is 12.4. The van der Waals surface area contributed by atoms with Gasteiger partial charge in [0, 0.05) is 37.5 Å². The number of amides is 2. The summed E-state index contributed by atoms with van der Waals surface area (Å²) in [6.07, 6.45) is 1.46. The zero-order chi connectivity index (χ0) is 37.2. The normalized spacial score (nSPS) is 16.7. The van der Waals surface area contributed by atoms with Gasteiger partial charge in [-0.25, -0.2) is 13.2 Å². The Bertz CT molecular complexity index is 1890. The number of fused-ring (bicyclic) bond motifs is 1. The molecule has 0 radical (unpaired) electrons. The zero-order valence-electron chi connectivity index (χ0n) is 29.4. The zero-order valence-corrected chi connectivity index (χ0v) is 32.1. The lowest BCUT2D eigenvalue weighted by Gasteiger charge is -2.46. The molecule has 16 heteroatoms. The third kappa shape index (κ3) is 8.20. The van der Waals surface area contributed by atoms with Crippen molar-refractivity contribution in [3.63, 3.8) is 0 Å². The average molecular weight is 747 g/mol. The molecule has 3 aromatic rings. The third-order valence-corrected chi connectivity index (χ3v) is 15.4. The number of carbonyl (C=O) groups excluding carboxylic acids is 1. The standard InChI is InChI=1S/C34H46N4O9S2Si/c1-9-30(47-50(34(3,4)5,26-16-12-10-13-17-26)27-18-14-11-15-19-27)25(23-46-49(8,44)45)21-36(6)32(39)31-28-22-37(33(40)41)24(2)20-29(28)35-38(31)48(7,42)43/h9-19,24-25,30H,1,20-23H2,2-8H3,(H,40,41)/t24-,25?,30?/m1/s1. The minimum absolute atomic E-state index is 0.115. The van der Waals surface area contributed by atoms with Crippen molar-refractivity contribution in [3.05, 3.63) is 90.3 Å². The highest BCUT2D eigenvalue weighted by Gasteiger charge is 2.52. The highest BCUT2D eigenvalue weighted by molar-refractivity contribution is 7.89. The molecule has 4 rings (SSSR count). The first kappa shape index (κ1) is 39.0. The Hall–Kier alpha value is -3.83. The van der Waals surface area contributed by atoms with Crippen LogP contribution < -0.4 is 10.4 Å². The lowest BCUT2D eigenvalue weighted by atomic mass is 9.99. The van der Waals surface area contributed by atoms with Gasteiger partial charge in [-0.1, -0.05) is 87.5 Å². The largest absolute Gasteiger partial charge is 0.465 e. The van der Waals surface area contributed by atoms with Crippen molar-refractivity contribution in [2.45, 2.75) is 57.8 Å². The van der Waals surface area contributed by atoms with Crippen LogP contribution in [0.3, 0.4) is 0 Å². The predicted molar refractivity (Wildman–Crippen MR) is 193 cm³/mol. The Balaban J connectivity index is 1.81. The fraction of sp³-hybridized carbons (Fsp3) is 0.441. The lowest BCUT2D eigenvalue weighted by molar-refractivity contribution is 0.0645. The molecule has 0 spiro atoms. The van der Waals surface area contributed by atoms with Crippen molar-refractivity contribution in [3.8, 4) is 0 Å². The molecule has 0 saturated heterocycles. The van der Waals surface area contributed by atoms with Crippen molar-refractivity contribution in [1.29, 1.82) is 0 Å². The second-order valence-corrected chi connectivity index (χ2v) is 21.5. The van der Waals surface area contributed by atoms with Gasteiger partial charge < -0.3 is 19.3 Å². The molecule has 0 bridgehead atoms. The van der Waals surface area contributed by atoms with E-state index >= 15 is 0 Å². The van der Waals surface area contributed by atoms with Crippen molar-refractivity contribution in [2.24, 2.45) is 5.92 Å². The SMILES string of the molecule is C=CC(O[Si](c1ccccc1)(c1ccccc1)C(C)(C)C)C(COS(C)(=O)=O)CN(C)C(=O)c1c2c(nn1S(C)(=O)=O)C[C@@H](C)N(C(=O)O)C2. The Morgan fingerprint density at radius 2 is 1.60 bits per heavy atom. The van der Waals surface area contributed by atoms with Crippen molar-refractivity contribution in [2.75, 3.05) is 32.7 Å². The van der Waals surface area contributed by atoms with Crippen molar-refractivity contribution >= 4 is 50.8 Å². The number of benzene rings is 2. The summed E-state index contributed by atoms with van der Waals surface area (Å²) in [4.78, 5) is 28.6. The maximum absolute atomic E-state index is 14.3. The minimum atomic E-state index is -4.09. The van der Waals surface area contributed by atoms with E-state index in [1.165, 1.54) is 11.9 Å². The van der Waals surface area contributed by atoms with Crippen LogP contribution in [-0.4, -0.2) is 106 Å². The third-order valence-electron chi connectivity index (χ3n) is 8.93. The van der Waals surface area contributed by atoms with Crippen LogP contribution in [0.4, 0.5) is 4.79 Å². The first-order chi connectivity index (χ1) is 23.2. The van der Waals surface area contributed by atoms with Gasteiger partial charge in [0.25, 0.3) is 34.4 Å². The van der Waals surface area contributed by atoms with E-state index in [9.17, 15) is 31.5 Å². The molecule has 2 aromatic carbocycles. The Kier molecular flexibility index (Phi) is 11.5. The predicted octanol–water partition coefficient (Wildman–Crippen LogP) is 2.91. The molecule has 2 heterocycles. The Labute approximate surface area is 295 Å². The molecule has 1 aromatic heterocycles. The van der Waals surface area contributed by atoms with Crippen LogP contribution in [0, 0.1) is 5.92 Å². The van der Waals surface area contributed by atoms with Crippen LogP contribution in [0.25, 0.3) is 0 Å². The number of carboxylic acid groups (broad SMARTS) is 1. The quantitative estimate of drug-likeness (QED) is 0.156. The molecule has 0 fully saturated rings. The van der Waals surface area contributed by atoms with Crippen LogP contribution in [0.2, 0.25) is 5.04 Å². The molecule has 0 saturated carbocycles. The molecule has 2 unspecified atom stereocenters. The number of hydrogen-bond acceptors (Lipinski definition) is 9. The van der Waals surface area contributed by atoms with Crippen molar-refractivity contribution < 1.29 is 40.1 Å². The smallest absolute Gasteiger partial charge is 0.407 e. The van der Waals surface area contributed by atoms with E-state index in [0.717, 1.165) is 27.8 Å². The molecule has 3 atom stereocenters.